The van der Waals surface area contributed by atoms with Gasteiger partial charge >= 0.3 is 6.18 Å². The molecule has 1 N–H and O–H groups in total. The molecular weight excluding hydrogens is 377 g/mol. The van der Waals surface area contributed by atoms with Gasteiger partial charge in [0.25, 0.3) is 11.6 Å². The number of fused-ring (bicyclic) bond motifs is 1. The fourth-order valence-corrected chi connectivity index (χ4v) is 2.68. The standard InChI is InChI=1S/C17H17F3N6O2/c1-9-12(7-13(27)22-8-11-4-5-21-14(6-11)28-3)10(2)26-16(23-9)24-15(25-26)17(18,19)20/h4-6H,7-8H2,1-3H3,(H,22,27). The number of carbonyl (C=O) groups excluding carboxylic acids is 1. The number of amides is 1. The summed E-state index contributed by atoms with van der Waals surface area (Å²) >= 11 is 0. The van der Waals surface area contributed by atoms with Gasteiger partial charge in [-0.2, -0.15) is 18.2 Å². The van der Waals surface area contributed by atoms with Gasteiger partial charge in [-0.05, 0) is 25.5 Å². The van der Waals surface area contributed by atoms with E-state index in [1.807, 2.05) is 0 Å². The summed E-state index contributed by atoms with van der Waals surface area (Å²) in [5, 5.41) is 6.23. The molecule has 0 radical (unpaired) electrons. The largest absolute Gasteiger partial charge is 0.481 e. The molecule has 0 aliphatic rings. The van der Waals surface area contributed by atoms with Crippen LogP contribution in [0.4, 0.5) is 13.2 Å². The predicted octanol–water partition coefficient (Wildman–Crippen LogP) is 2.02. The second-order valence-electron chi connectivity index (χ2n) is 6.07. The van der Waals surface area contributed by atoms with Crippen LogP contribution < -0.4 is 10.1 Å². The van der Waals surface area contributed by atoms with E-state index >= 15 is 0 Å². The minimum Gasteiger partial charge on any atom is -0.481 e. The van der Waals surface area contributed by atoms with Crippen LogP contribution in [0.5, 0.6) is 5.88 Å². The number of nitrogens with one attached hydrogen (secondary N) is 1. The number of methoxy groups -OCH3 is 1. The van der Waals surface area contributed by atoms with Crippen molar-refractivity contribution in [3.8, 4) is 5.88 Å². The number of ether oxygens (including phenoxy) is 1. The zero-order chi connectivity index (χ0) is 20.5. The Kier molecular flexibility index (Phi) is 5.16. The van der Waals surface area contributed by atoms with Gasteiger partial charge in [-0.1, -0.05) is 0 Å². The van der Waals surface area contributed by atoms with Crippen LogP contribution in [0, 0.1) is 13.8 Å². The van der Waals surface area contributed by atoms with Crippen molar-refractivity contribution in [1.82, 2.24) is 29.9 Å². The lowest BCUT2D eigenvalue weighted by molar-refractivity contribution is -0.144. The highest BCUT2D eigenvalue weighted by atomic mass is 19.4. The average molecular weight is 394 g/mol. The Morgan fingerprint density at radius 2 is 2.04 bits per heavy atom. The first-order valence-electron chi connectivity index (χ1n) is 8.24. The van der Waals surface area contributed by atoms with Crippen molar-refractivity contribution in [2.75, 3.05) is 7.11 Å². The molecule has 0 fully saturated rings. The number of aromatic nitrogens is 5. The number of halogens is 3. The topological polar surface area (TPSA) is 94.3 Å². The van der Waals surface area contributed by atoms with Crippen molar-refractivity contribution in [1.29, 1.82) is 0 Å². The van der Waals surface area contributed by atoms with E-state index in [1.165, 1.54) is 7.11 Å². The van der Waals surface area contributed by atoms with Gasteiger partial charge < -0.3 is 10.1 Å². The Morgan fingerprint density at radius 1 is 1.29 bits per heavy atom. The van der Waals surface area contributed by atoms with Gasteiger partial charge in [-0.3, -0.25) is 4.79 Å². The molecule has 28 heavy (non-hydrogen) atoms. The molecule has 3 rings (SSSR count). The Morgan fingerprint density at radius 3 is 2.71 bits per heavy atom. The molecule has 11 heteroatoms. The maximum absolute atomic E-state index is 12.8. The summed E-state index contributed by atoms with van der Waals surface area (Å²) in [6, 6.07) is 3.43. The molecule has 1 amide bonds. The number of carbonyl (C=O) groups is 1. The van der Waals surface area contributed by atoms with E-state index in [9.17, 15) is 18.0 Å². The molecule has 0 saturated heterocycles. The Bertz CT molecular complexity index is 1030. The summed E-state index contributed by atoms with van der Waals surface area (Å²) in [7, 11) is 1.49. The fraction of sp³-hybridized carbons (Fsp3) is 0.353. The minimum absolute atomic E-state index is 0.0516. The number of rotatable bonds is 5. The van der Waals surface area contributed by atoms with E-state index < -0.39 is 12.0 Å². The quantitative estimate of drug-likeness (QED) is 0.712. The first kappa shape index (κ1) is 19.5. The van der Waals surface area contributed by atoms with E-state index in [0.29, 0.717) is 22.8 Å². The average Bonchev–Trinajstić information content (AvgIpc) is 3.08. The van der Waals surface area contributed by atoms with Gasteiger partial charge in [0.05, 0.1) is 13.5 Å². The van der Waals surface area contributed by atoms with Gasteiger partial charge in [0.2, 0.25) is 11.8 Å². The van der Waals surface area contributed by atoms with Crippen LogP contribution in [0.2, 0.25) is 0 Å². The smallest absolute Gasteiger partial charge is 0.453 e. The van der Waals surface area contributed by atoms with Gasteiger partial charge in [-0.25, -0.2) is 14.5 Å². The molecule has 0 atom stereocenters. The zero-order valence-corrected chi connectivity index (χ0v) is 15.3. The van der Waals surface area contributed by atoms with Crippen molar-refractivity contribution in [2.45, 2.75) is 33.0 Å². The molecule has 0 aliphatic carbocycles. The van der Waals surface area contributed by atoms with Gasteiger partial charge in [-0.15, -0.1) is 5.10 Å². The van der Waals surface area contributed by atoms with Crippen molar-refractivity contribution in [2.24, 2.45) is 0 Å². The Hall–Kier alpha value is -3.24. The second kappa shape index (κ2) is 7.41. The lowest BCUT2D eigenvalue weighted by Crippen LogP contribution is -2.26. The molecule has 0 spiro atoms. The monoisotopic (exact) mass is 394 g/mol. The van der Waals surface area contributed by atoms with Crippen LogP contribution in [0.1, 0.15) is 28.3 Å². The van der Waals surface area contributed by atoms with E-state index in [0.717, 1.165) is 10.1 Å². The number of alkyl halides is 3. The molecule has 3 aromatic heterocycles. The molecule has 0 aliphatic heterocycles. The third kappa shape index (κ3) is 4.02. The molecule has 3 heterocycles. The van der Waals surface area contributed by atoms with E-state index in [1.54, 1.807) is 32.2 Å². The third-order valence-electron chi connectivity index (χ3n) is 4.14. The lowest BCUT2D eigenvalue weighted by Gasteiger charge is -2.11. The van der Waals surface area contributed by atoms with E-state index in [-0.39, 0.29) is 24.7 Å². The number of aryl methyl sites for hydroxylation is 2. The summed E-state index contributed by atoms with van der Waals surface area (Å²) in [5.41, 5.74) is 2.10. The van der Waals surface area contributed by atoms with Crippen molar-refractivity contribution >= 4 is 11.7 Å². The summed E-state index contributed by atoms with van der Waals surface area (Å²) in [6.45, 7) is 3.45. The van der Waals surface area contributed by atoms with Gasteiger partial charge in [0.1, 0.15) is 0 Å². The van der Waals surface area contributed by atoms with Crippen LogP contribution in [-0.4, -0.2) is 37.6 Å². The lowest BCUT2D eigenvalue weighted by atomic mass is 10.1. The Labute approximate surface area is 157 Å². The van der Waals surface area contributed by atoms with E-state index in [4.69, 9.17) is 4.74 Å². The highest BCUT2D eigenvalue weighted by molar-refractivity contribution is 5.79. The molecular formula is C17H17F3N6O2. The molecule has 0 unspecified atom stereocenters. The summed E-state index contributed by atoms with van der Waals surface area (Å²) in [6.07, 6.45) is -3.16. The van der Waals surface area contributed by atoms with Crippen molar-refractivity contribution in [3.05, 3.63) is 46.7 Å². The fourth-order valence-electron chi connectivity index (χ4n) is 2.68. The summed E-state index contributed by atoms with van der Waals surface area (Å²) < 4.78 is 44.6. The Balaban J connectivity index is 1.78. The molecule has 0 bridgehead atoms. The molecule has 0 saturated carbocycles. The van der Waals surface area contributed by atoms with Crippen LogP contribution in [0.15, 0.2) is 18.3 Å². The van der Waals surface area contributed by atoms with Crippen molar-refractivity contribution < 1.29 is 22.7 Å². The van der Waals surface area contributed by atoms with Crippen LogP contribution in [0.3, 0.4) is 0 Å². The molecule has 3 aromatic rings. The van der Waals surface area contributed by atoms with Crippen LogP contribution in [0.25, 0.3) is 5.78 Å². The third-order valence-corrected chi connectivity index (χ3v) is 4.14. The van der Waals surface area contributed by atoms with Gasteiger partial charge in [0, 0.05) is 35.8 Å². The predicted molar refractivity (Wildman–Crippen MR) is 91.6 cm³/mol. The maximum atomic E-state index is 12.8. The first-order chi connectivity index (χ1) is 13.2. The number of nitrogens with zero attached hydrogens (tertiary/aromatic N) is 5. The normalized spacial score (nSPS) is 11.6. The van der Waals surface area contributed by atoms with Crippen LogP contribution in [-0.2, 0) is 23.9 Å². The highest BCUT2D eigenvalue weighted by Crippen LogP contribution is 2.27. The number of pyridine rings is 1. The number of hydrogen-bond acceptors (Lipinski definition) is 6. The molecule has 8 nitrogen and oxygen atoms in total. The van der Waals surface area contributed by atoms with Gasteiger partial charge in [0.15, 0.2) is 0 Å². The number of hydrogen-bond donors (Lipinski definition) is 1. The second-order valence-corrected chi connectivity index (χ2v) is 6.07. The zero-order valence-electron chi connectivity index (χ0n) is 15.3. The van der Waals surface area contributed by atoms with Crippen LogP contribution >= 0.6 is 0 Å². The van der Waals surface area contributed by atoms with Crippen molar-refractivity contribution in [3.63, 3.8) is 0 Å². The maximum Gasteiger partial charge on any atom is 0.453 e. The molecule has 148 valence electrons. The minimum atomic E-state index is -4.67. The first-order valence-corrected chi connectivity index (χ1v) is 8.24. The SMILES string of the molecule is COc1cc(CNC(=O)Cc2c(C)nc3nc(C(F)(F)F)nn3c2C)ccn1. The summed E-state index contributed by atoms with van der Waals surface area (Å²) in [4.78, 5) is 23.8. The summed E-state index contributed by atoms with van der Waals surface area (Å²) in [5.74, 6) is -1.30. The molecule has 0 aromatic carbocycles. The van der Waals surface area contributed by atoms with E-state index in [2.05, 4.69) is 25.4 Å². The highest BCUT2D eigenvalue weighted by Gasteiger charge is 2.37.